The molecule has 0 spiro atoms. The first-order valence-corrected chi connectivity index (χ1v) is 3.20. The van der Waals surface area contributed by atoms with Crippen LogP contribution >= 0.6 is 0 Å². The van der Waals surface area contributed by atoms with Gasteiger partial charge in [-0.15, -0.1) is 6.42 Å². The summed E-state index contributed by atoms with van der Waals surface area (Å²) in [6.45, 7) is 3.89. The van der Waals surface area contributed by atoms with Gasteiger partial charge in [0.05, 0.1) is 0 Å². The van der Waals surface area contributed by atoms with E-state index in [1.54, 1.807) is 0 Å². The average molecular weight is 135 g/mol. The van der Waals surface area contributed by atoms with E-state index in [4.69, 9.17) is 6.42 Å². The van der Waals surface area contributed by atoms with Crippen molar-refractivity contribution in [3.05, 3.63) is 23.4 Å². The van der Waals surface area contributed by atoms with Crippen molar-refractivity contribution in [2.24, 2.45) is 0 Å². The Balaban J connectivity index is 4.07. The van der Waals surface area contributed by atoms with Gasteiger partial charge in [0.25, 0.3) is 0 Å². The highest BCUT2D eigenvalue weighted by Gasteiger charge is 1.78. The number of hydrogen-bond acceptors (Lipinski definition) is 1. The third-order valence-electron chi connectivity index (χ3n) is 1.21. The summed E-state index contributed by atoms with van der Waals surface area (Å²) in [7, 11) is 1.88. The molecule has 0 unspecified atom stereocenters. The molecule has 0 heterocycles. The molecule has 0 aromatic carbocycles. The molecule has 0 rings (SSSR count). The Hall–Kier alpha value is -1.16. The maximum Gasteiger partial charge on any atom is 0.00727 e. The highest BCUT2D eigenvalue weighted by molar-refractivity contribution is 5.27. The summed E-state index contributed by atoms with van der Waals surface area (Å²) < 4.78 is 0. The zero-order valence-corrected chi connectivity index (χ0v) is 6.73. The lowest BCUT2D eigenvalue weighted by atomic mass is 10.3. The highest BCUT2D eigenvalue weighted by Crippen LogP contribution is 1.92. The summed E-state index contributed by atoms with van der Waals surface area (Å²) in [6, 6.07) is 0. The summed E-state index contributed by atoms with van der Waals surface area (Å²) in [4.78, 5) is 0. The first-order chi connectivity index (χ1) is 4.70. The second kappa shape index (κ2) is 4.69. The summed E-state index contributed by atoms with van der Waals surface area (Å²) >= 11 is 0. The van der Waals surface area contributed by atoms with E-state index in [-0.39, 0.29) is 0 Å². The van der Waals surface area contributed by atoms with E-state index in [1.165, 1.54) is 0 Å². The predicted molar refractivity (Wildman–Crippen MR) is 45.4 cm³/mol. The Morgan fingerprint density at radius 2 is 2.00 bits per heavy atom. The van der Waals surface area contributed by atoms with Crippen molar-refractivity contribution in [1.82, 2.24) is 5.32 Å². The molecule has 10 heavy (non-hydrogen) atoms. The molecule has 1 heteroatoms. The van der Waals surface area contributed by atoms with Gasteiger partial charge in [0.15, 0.2) is 0 Å². The molecule has 0 aliphatic carbocycles. The molecule has 1 nitrogen and oxygen atoms in total. The van der Waals surface area contributed by atoms with Crippen LogP contribution in [0, 0.1) is 12.3 Å². The molecule has 0 amide bonds. The molecule has 0 saturated heterocycles. The molecule has 1 N–H and O–H groups in total. The van der Waals surface area contributed by atoms with Gasteiger partial charge in [-0.3, -0.25) is 0 Å². The monoisotopic (exact) mass is 135 g/mol. The van der Waals surface area contributed by atoms with Crippen LogP contribution in [0.3, 0.4) is 0 Å². The lowest BCUT2D eigenvalue weighted by Gasteiger charge is -1.94. The SMILES string of the molecule is C#C/C(C)=C/C=C(\C)NC. The van der Waals surface area contributed by atoms with Crippen LogP contribution in [-0.2, 0) is 0 Å². The van der Waals surface area contributed by atoms with Gasteiger partial charge in [-0.25, -0.2) is 0 Å². The van der Waals surface area contributed by atoms with E-state index < -0.39 is 0 Å². The van der Waals surface area contributed by atoms with Gasteiger partial charge in [-0.2, -0.15) is 0 Å². The zero-order valence-electron chi connectivity index (χ0n) is 6.73. The molecule has 0 fully saturated rings. The second-order valence-corrected chi connectivity index (χ2v) is 2.09. The molecule has 0 aliphatic rings. The number of allylic oxidation sites excluding steroid dienone is 4. The minimum Gasteiger partial charge on any atom is -0.392 e. The van der Waals surface area contributed by atoms with Crippen molar-refractivity contribution in [2.75, 3.05) is 7.05 Å². The van der Waals surface area contributed by atoms with Crippen molar-refractivity contribution >= 4 is 0 Å². The number of hydrogen-bond donors (Lipinski definition) is 1. The Bertz CT molecular complexity index is 191. The minimum absolute atomic E-state index is 0.939. The maximum atomic E-state index is 5.13. The molecule has 0 bridgehead atoms. The summed E-state index contributed by atoms with van der Waals surface area (Å²) in [6.07, 6.45) is 8.99. The molecular weight excluding hydrogens is 122 g/mol. The van der Waals surface area contributed by atoms with Crippen molar-refractivity contribution in [2.45, 2.75) is 13.8 Å². The van der Waals surface area contributed by atoms with Crippen LogP contribution in [0.2, 0.25) is 0 Å². The highest BCUT2D eigenvalue weighted by atomic mass is 14.8. The van der Waals surface area contributed by atoms with Gasteiger partial charge in [-0.1, -0.05) is 5.92 Å². The third-order valence-corrected chi connectivity index (χ3v) is 1.21. The minimum atomic E-state index is 0.939. The Labute approximate surface area is 62.8 Å². The molecule has 0 atom stereocenters. The quantitative estimate of drug-likeness (QED) is 0.449. The standard InChI is InChI=1S/C9H13N/c1-5-8(2)6-7-9(3)10-4/h1,6-7,10H,2-4H3/b8-6+,9-7+. The topological polar surface area (TPSA) is 12.0 Å². The van der Waals surface area contributed by atoms with E-state index in [9.17, 15) is 0 Å². The van der Waals surface area contributed by atoms with Crippen LogP contribution in [0.5, 0.6) is 0 Å². The fourth-order valence-electron chi connectivity index (χ4n) is 0.381. The summed E-state index contributed by atoms with van der Waals surface area (Å²) in [5.74, 6) is 2.53. The van der Waals surface area contributed by atoms with Crippen molar-refractivity contribution in [3.8, 4) is 12.3 Å². The Morgan fingerprint density at radius 1 is 1.40 bits per heavy atom. The van der Waals surface area contributed by atoms with Crippen LogP contribution in [0.25, 0.3) is 0 Å². The first-order valence-electron chi connectivity index (χ1n) is 3.20. The molecule has 0 saturated carbocycles. The molecule has 0 radical (unpaired) electrons. The fraction of sp³-hybridized carbons (Fsp3) is 0.333. The van der Waals surface area contributed by atoms with Crippen LogP contribution < -0.4 is 5.32 Å². The Kier molecular flexibility index (Phi) is 4.15. The first kappa shape index (κ1) is 8.84. The van der Waals surface area contributed by atoms with Gasteiger partial charge in [0.1, 0.15) is 0 Å². The number of rotatable bonds is 2. The van der Waals surface area contributed by atoms with Gasteiger partial charge in [0, 0.05) is 12.7 Å². The zero-order chi connectivity index (χ0) is 7.98. The predicted octanol–water partition coefficient (Wildman–Crippen LogP) is 1.69. The normalized spacial score (nSPS) is 12.6. The molecule has 0 aromatic rings. The van der Waals surface area contributed by atoms with Crippen LogP contribution in [0.1, 0.15) is 13.8 Å². The van der Waals surface area contributed by atoms with Gasteiger partial charge < -0.3 is 5.32 Å². The number of terminal acetylenes is 1. The van der Waals surface area contributed by atoms with Crippen molar-refractivity contribution in [3.63, 3.8) is 0 Å². The van der Waals surface area contributed by atoms with Crippen LogP contribution in [0.4, 0.5) is 0 Å². The van der Waals surface area contributed by atoms with Gasteiger partial charge in [-0.05, 0) is 31.6 Å². The van der Waals surface area contributed by atoms with Crippen LogP contribution in [0.15, 0.2) is 23.4 Å². The van der Waals surface area contributed by atoms with E-state index in [1.807, 2.05) is 33.0 Å². The van der Waals surface area contributed by atoms with E-state index in [0.29, 0.717) is 0 Å². The van der Waals surface area contributed by atoms with Crippen molar-refractivity contribution < 1.29 is 0 Å². The Morgan fingerprint density at radius 3 is 2.40 bits per heavy atom. The van der Waals surface area contributed by atoms with Crippen LogP contribution in [-0.4, -0.2) is 7.05 Å². The van der Waals surface area contributed by atoms with Gasteiger partial charge in [0.2, 0.25) is 0 Å². The molecule has 0 aliphatic heterocycles. The molecular formula is C9H13N. The second-order valence-electron chi connectivity index (χ2n) is 2.09. The smallest absolute Gasteiger partial charge is 0.00727 e. The van der Waals surface area contributed by atoms with E-state index in [0.717, 1.165) is 11.3 Å². The average Bonchev–Trinajstić information content (AvgIpc) is 1.99. The molecule has 54 valence electrons. The summed E-state index contributed by atoms with van der Waals surface area (Å²) in [5.41, 5.74) is 2.05. The van der Waals surface area contributed by atoms with E-state index >= 15 is 0 Å². The number of nitrogens with one attached hydrogen (secondary N) is 1. The lowest BCUT2D eigenvalue weighted by molar-refractivity contribution is 0.990. The maximum absolute atomic E-state index is 5.13. The lowest BCUT2D eigenvalue weighted by Crippen LogP contribution is -2.00. The largest absolute Gasteiger partial charge is 0.392 e. The third kappa shape index (κ3) is 3.80. The fourth-order valence-corrected chi connectivity index (χ4v) is 0.381. The van der Waals surface area contributed by atoms with E-state index in [2.05, 4.69) is 11.2 Å². The van der Waals surface area contributed by atoms with Crippen molar-refractivity contribution in [1.29, 1.82) is 0 Å². The summed E-state index contributed by atoms with van der Waals surface area (Å²) in [5, 5.41) is 2.99. The molecule has 0 aromatic heterocycles. The van der Waals surface area contributed by atoms with Gasteiger partial charge >= 0.3 is 0 Å².